The van der Waals surface area contributed by atoms with Gasteiger partial charge in [-0.05, 0) is 18.1 Å². The second-order valence-corrected chi connectivity index (χ2v) is 6.74. The monoisotopic (exact) mass is 335 g/mol. The highest BCUT2D eigenvalue weighted by molar-refractivity contribution is 7.85. The van der Waals surface area contributed by atoms with Gasteiger partial charge in [0.25, 0.3) is 10.1 Å². The molecule has 0 spiro atoms. The molecule has 3 N–H and O–H groups in total. The molecule has 1 aromatic rings. The van der Waals surface area contributed by atoms with E-state index in [1.165, 1.54) is 6.07 Å². The minimum atomic E-state index is -4.22. The zero-order valence-electron chi connectivity index (χ0n) is 11.2. The highest BCUT2D eigenvalue weighted by Crippen LogP contribution is 2.30. The van der Waals surface area contributed by atoms with E-state index >= 15 is 0 Å². The molecule has 2 heterocycles. The Morgan fingerprint density at radius 3 is 2.76 bits per heavy atom. The molecular formula is C13H18ClNO5S. The first-order chi connectivity index (χ1) is 9.47. The summed E-state index contributed by atoms with van der Waals surface area (Å²) in [5.41, 5.74) is 0.576. The molecule has 2 aliphatic heterocycles. The predicted molar refractivity (Wildman–Crippen MR) is 78.2 cm³/mol. The maximum Gasteiger partial charge on any atom is 0.294 e. The van der Waals surface area contributed by atoms with Crippen LogP contribution in [-0.4, -0.2) is 49.5 Å². The second kappa shape index (κ2) is 6.20. The lowest BCUT2D eigenvalue weighted by molar-refractivity contribution is 0.0629. The van der Waals surface area contributed by atoms with Gasteiger partial charge in [0.15, 0.2) is 0 Å². The maximum absolute atomic E-state index is 11.4. The summed E-state index contributed by atoms with van der Waals surface area (Å²) >= 11 is 0. The highest BCUT2D eigenvalue weighted by atomic mass is 35.5. The quantitative estimate of drug-likeness (QED) is 0.685. The SMILES string of the molecule is Cl.O=S(=O)(O)c1ccccc1C[C@@H]1CN[C@H]2[C@H]1OC[C@@H]2O. The van der Waals surface area contributed by atoms with Crippen LogP contribution in [0.4, 0.5) is 0 Å². The van der Waals surface area contributed by atoms with Crippen molar-refractivity contribution in [2.75, 3.05) is 13.2 Å². The van der Waals surface area contributed by atoms with Crippen molar-refractivity contribution in [2.45, 2.75) is 29.6 Å². The van der Waals surface area contributed by atoms with Crippen molar-refractivity contribution < 1.29 is 22.8 Å². The summed E-state index contributed by atoms with van der Waals surface area (Å²) in [5.74, 6) is 0.0834. The number of fused-ring (bicyclic) bond motifs is 1. The Bertz CT molecular complexity index is 608. The Morgan fingerprint density at radius 2 is 2.05 bits per heavy atom. The van der Waals surface area contributed by atoms with Crippen LogP contribution in [0.25, 0.3) is 0 Å². The first kappa shape index (κ1) is 16.7. The van der Waals surface area contributed by atoms with Crippen LogP contribution in [-0.2, 0) is 21.3 Å². The smallest absolute Gasteiger partial charge is 0.294 e. The predicted octanol–water partition coefficient (Wildman–Crippen LogP) is 0.245. The molecule has 2 aliphatic rings. The molecule has 2 saturated heterocycles. The number of hydrogen-bond donors (Lipinski definition) is 3. The third-order valence-electron chi connectivity index (χ3n) is 4.04. The van der Waals surface area contributed by atoms with Crippen LogP contribution in [0.5, 0.6) is 0 Å². The van der Waals surface area contributed by atoms with E-state index in [0.29, 0.717) is 25.1 Å². The van der Waals surface area contributed by atoms with Gasteiger partial charge in [0.1, 0.15) is 0 Å². The van der Waals surface area contributed by atoms with E-state index in [2.05, 4.69) is 5.32 Å². The van der Waals surface area contributed by atoms with E-state index in [1.807, 2.05) is 0 Å². The molecule has 6 nitrogen and oxygen atoms in total. The van der Waals surface area contributed by atoms with E-state index in [0.717, 1.165) is 0 Å². The Morgan fingerprint density at radius 1 is 1.33 bits per heavy atom. The third kappa shape index (κ3) is 3.23. The summed E-state index contributed by atoms with van der Waals surface area (Å²) in [6.45, 7) is 0.963. The van der Waals surface area contributed by atoms with Crippen LogP contribution >= 0.6 is 12.4 Å². The van der Waals surface area contributed by atoms with Crippen LogP contribution < -0.4 is 5.32 Å². The number of hydrogen-bond acceptors (Lipinski definition) is 5. The van der Waals surface area contributed by atoms with Gasteiger partial charge < -0.3 is 15.2 Å². The van der Waals surface area contributed by atoms with Gasteiger partial charge in [0.2, 0.25) is 0 Å². The number of aliphatic hydroxyl groups is 1. The van der Waals surface area contributed by atoms with Gasteiger partial charge in [-0.15, -0.1) is 12.4 Å². The number of benzene rings is 1. The summed E-state index contributed by atoms with van der Waals surface area (Å²) in [6.07, 6.45) is -0.141. The van der Waals surface area contributed by atoms with E-state index < -0.39 is 16.2 Å². The Kier molecular flexibility index (Phi) is 4.92. The number of aliphatic hydroxyl groups excluding tert-OH is 1. The molecule has 3 rings (SSSR count). The normalized spacial score (nSPS) is 31.7. The lowest BCUT2D eigenvalue weighted by Crippen LogP contribution is -2.36. The van der Waals surface area contributed by atoms with E-state index in [1.54, 1.807) is 18.2 Å². The molecule has 0 radical (unpaired) electrons. The number of rotatable bonds is 3. The van der Waals surface area contributed by atoms with Gasteiger partial charge in [-0.2, -0.15) is 8.42 Å². The molecule has 0 amide bonds. The second-order valence-electron chi connectivity index (χ2n) is 5.35. The molecule has 0 saturated carbocycles. The highest BCUT2D eigenvalue weighted by Gasteiger charge is 2.45. The average Bonchev–Trinajstić information content (AvgIpc) is 2.94. The summed E-state index contributed by atoms with van der Waals surface area (Å²) < 4.78 is 37.6. The number of halogens is 1. The Hall–Kier alpha value is -0.700. The minimum Gasteiger partial charge on any atom is -0.389 e. The minimum absolute atomic E-state index is 0. The molecular weight excluding hydrogens is 318 g/mol. The first-order valence-corrected chi connectivity index (χ1v) is 7.99. The fraction of sp³-hybridized carbons (Fsp3) is 0.538. The zero-order valence-corrected chi connectivity index (χ0v) is 12.8. The molecule has 0 unspecified atom stereocenters. The topological polar surface area (TPSA) is 95.9 Å². The molecule has 21 heavy (non-hydrogen) atoms. The molecule has 8 heteroatoms. The summed E-state index contributed by atoms with van der Waals surface area (Å²) in [6, 6.07) is 6.33. The molecule has 1 aromatic carbocycles. The maximum atomic E-state index is 11.4. The van der Waals surface area contributed by atoms with Crippen LogP contribution in [0, 0.1) is 5.92 Å². The number of nitrogens with one attached hydrogen (secondary N) is 1. The average molecular weight is 336 g/mol. The van der Waals surface area contributed by atoms with Crippen molar-refractivity contribution in [2.24, 2.45) is 5.92 Å². The van der Waals surface area contributed by atoms with Gasteiger partial charge in [-0.3, -0.25) is 4.55 Å². The third-order valence-corrected chi connectivity index (χ3v) is 4.99. The van der Waals surface area contributed by atoms with Gasteiger partial charge in [-0.1, -0.05) is 18.2 Å². The fourth-order valence-corrected chi connectivity index (χ4v) is 3.85. The van der Waals surface area contributed by atoms with E-state index in [4.69, 9.17) is 4.74 Å². The van der Waals surface area contributed by atoms with Gasteiger partial charge in [0.05, 0.1) is 29.8 Å². The molecule has 0 bridgehead atoms. The number of ether oxygens (including phenoxy) is 1. The summed E-state index contributed by atoms with van der Waals surface area (Å²) in [5, 5.41) is 13.0. The molecule has 118 valence electrons. The molecule has 0 aromatic heterocycles. The van der Waals surface area contributed by atoms with Crippen molar-refractivity contribution >= 4 is 22.5 Å². The van der Waals surface area contributed by atoms with Crippen molar-refractivity contribution in [1.29, 1.82) is 0 Å². The fourth-order valence-electron chi connectivity index (χ4n) is 3.12. The lowest BCUT2D eigenvalue weighted by Gasteiger charge is -2.18. The summed E-state index contributed by atoms with van der Waals surface area (Å²) in [7, 11) is -4.22. The van der Waals surface area contributed by atoms with Crippen LogP contribution in [0.15, 0.2) is 29.2 Å². The van der Waals surface area contributed by atoms with Crippen molar-refractivity contribution in [1.82, 2.24) is 5.32 Å². The van der Waals surface area contributed by atoms with E-state index in [-0.39, 0.29) is 35.4 Å². The molecule has 4 atom stereocenters. The van der Waals surface area contributed by atoms with Crippen molar-refractivity contribution in [3.8, 4) is 0 Å². The zero-order chi connectivity index (χ0) is 14.3. The van der Waals surface area contributed by atoms with Gasteiger partial charge in [0, 0.05) is 12.5 Å². The lowest BCUT2D eigenvalue weighted by atomic mass is 9.94. The Balaban J connectivity index is 0.00000161. The van der Waals surface area contributed by atoms with E-state index in [9.17, 15) is 18.1 Å². The Labute approximate surface area is 129 Å². The van der Waals surface area contributed by atoms with Gasteiger partial charge in [-0.25, -0.2) is 0 Å². The molecule has 2 fully saturated rings. The molecule has 0 aliphatic carbocycles. The van der Waals surface area contributed by atoms with Crippen molar-refractivity contribution in [3.63, 3.8) is 0 Å². The standard InChI is InChI=1S/C13H17NO5S.ClH/c15-10-7-19-13-9(6-14-12(10)13)5-8-3-1-2-4-11(8)20(16,17)18;/h1-4,9-10,12-15H,5-7H2,(H,16,17,18);1H/t9-,10+,12-,13+;/m1./s1. The van der Waals surface area contributed by atoms with Crippen LogP contribution in [0.3, 0.4) is 0 Å². The van der Waals surface area contributed by atoms with Crippen LogP contribution in [0.1, 0.15) is 5.56 Å². The van der Waals surface area contributed by atoms with Crippen LogP contribution in [0.2, 0.25) is 0 Å². The van der Waals surface area contributed by atoms with Crippen molar-refractivity contribution in [3.05, 3.63) is 29.8 Å². The summed E-state index contributed by atoms with van der Waals surface area (Å²) in [4.78, 5) is -0.0537. The van der Waals surface area contributed by atoms with Gasteiger partial charge >= 0.3 is 0 Å². The first-order valence-electron chi connectivity index (χ1n) is 6.55. The largest absolute Gasteiger partial charge is 0.389 e.